The van der Waals surface area contributed by atoms with Crippen molar-refractivity contribution in [2.45, 2.75) is 26.4 Å². The molecule has 0 bridgehead atoms. The van der Waals surface area contributed by atoms with Gasteiger partial charge in [0.2, 0.25) is 4.96 Å². The summed E-state index contributed by atoms with van der Waals surface area (Å²) in [5, 5.41) is 5.14. The Bertz CT molecular complexity index is 1350. The Labute approximate surface area is 168 Å². The number of carbonyl (C=O) groups is 1. The van der Waals surface area contributed by atoms with Gasteiger partial charge in [-0.1, -0.05) is 23.5 Å². The monoisotopic (exact) mass is 411 g/mol. The third-order valence-corrected chi connectivity index (χ3v) is 5.28. The van der Waals surface area contributed by atoms with E-state index in [2.05, 4.69) is 15.1 Å². The highest BCUT2D eigenvalue weighted by molar-refractivity contribution is 7.16. The van der Waals surface area contributed by atoms with Crippen molar-refractivity contribution in [3.63, 3.8) is 0 Å². The van der Waals surface area contributed by atoms with Crippen LogP contribution in [0.5, 0.6) is 0 Å². The maximum atomic E-state index is 12.4. The predicted molar refractivity (Wildman–Crippen MR) is 107 cm³/mol. The number of esters is 1. The fourth-order valence-electron chi connectivity index (χ4n) is 2.93. The number of ether oxygens (including phenoxy) is 1. The maximum Gasteiger partial charge on any atom is 0.306 e. The molecule has 0 saturated heterocycles. The van der Waals surface area contributed by atoms with Crippen molar-refractivity contribution in [2.24, 2.45) is 7.05 Å². The van der Waals surface area contributed by atoms with E-state index in [1.807, 2.05) is 6.07 Å². The molecule has 0 atom stereocenters. The molecule has 0 aliphatic rings. The van der Waals surface area contributed by atoms with E-state index in [0.29, 0.717) is 32.4 Å². The molecule has 0 amide bonds. The molecule has 0 saturated carbocycles. The highest BCUT2D eigenvalue weighted by Crippen LogP contribution is 2.13. The fourth-order valence-corrected chi connectivity index (χ4v) is 3.79. The summed E-state index contributed by atoms with van der Waals surface area (Å²) in [4.78, 5) is 45.6. The van der Waals surface area contributed by atoms with Crippen LogP contribution in [0.4, 0.5) is 0 Å². The molecular weight excluding hydrogens is 394 g/mol. The highest BCUT2D eigenvalue weighted by Gasteiger charge is 2.13. The lowest BCUT2D eigenvalue weighted by Gasteiger charge is -2.09. The van der Waals surface area contributed by atoms with Gasteiger partial charge in [-0.05, 0) is 19.1 Å². The van der Waals surface area contributed by atoms with Gasteiger partial charge in [0, 0.05) is 25.2 Å². The van der Waals surface area contributed by atoms with Crippen LogP contribution in [-0.4, -0.2) is 30.1 Å². The largest absolute Gasteiger partial charge is 0.458 e. The molecule has 0 fully saturated rings. The Morgan fingerprint density at radius 1 is 1.21 bits per heavy atom. The summed E-state index contributed by atoms with van der Waals surface area (Å²) in [6, 6.07) is 8.48. The number of fused-ring (bicyclic) bond motifs is 2. The Morgan fingerprint density at radius 3 is 2.83 bits per heavy atom. The SMILES string of the molecule is Cc1cc(=O)n2nc(COC(=O)CCc3nc4ccccc4c(=O)n3C)sc2n1. The van der Waals surface area contributed by atoms with Crippen molar-refractivity contribution in [1.82, 2.24) is 24.1 Å². The minimum absolute atomic E-state index is 0.0462. The van der Waals surface area contributed by atoms with Crippen molar-refractivity contribution < 1.29 is 9.53 Å². The van der Waals surface area contributed by atoms with Crippen molar-refractivity contribution >= 4 is 33.2 Å². The van der Waals surface area contributed by atoms with E-state index in [9.17, 15) is 14.4 Å². The number of aryl methyl sites for hydroxylation is 2. The van der Waals surface area contributed by atoms with Gasteiger partial charge in [-0.25, -0.2) is 9.97 Å². The first-order chi connectivity index (χ1) is 13.9. The molecule has 148 valence electrons. The van der Waals surface area contributed by atoms with E-state index in [1.54, 1.807) is 32.2 Å². The van der Waals surface area contributed by atoms with Crippen LogP contribution < -0.4 is 11.1 Å². The standard InChI is InChI=1S/C19H17N5O4S/c1-11-9-16(25)24-19(20-11)29-15(22-24)10-28-17(26)8-7-14-21-13-6-4-3-5-12(13)18(27)23(14)2/h3-6,9H,7-8,10H2,1-2H3. The minimum Gasteiger partial charge on any atom is -0.458 e. The smallest absolute Gasteiger partial charge is 0.306 e. The molecule has 0 spiro atoms. The Kier molecular flexibility index (Phi) is 4.93. The van der Waals surface area contributed by atoms with Crippen molar-refractivity contribution in [1.29, 1.82) is 0 Å². The first-order valence-electron chi connectivity index (χ1n) is 8.89. The van der Waals surface area contributed by atoms with E-state index in [1.165, 1.54) is 26.5 Å². The first kappa shape index (κ1) is 18.9. The molecule has 3 heterocycles. The Hall–Kier alpha value is -3.40. The zero-order valence-corrected chi connectivity index (χ0v) is 16.6. The minimum atomic E-state index is -0.442. The zero-order valence-electron chi connectivity index (χ0n) is 15.8. The van der Waals surface area contributed by atoms with Crippen LogP contribution in [0.2, 0.25) is 0 Å². The number of hydrogen-bond acceptors (Lipinski definition) is 8. The number of carbonyl (C=O) groups excluding carboxylic acids is 1. The summed E-state index contributed by atoms with van der Waals surface area (Å²) < 4.78 is 7.90. The Balaban J connectivity index is 1.43. The molecule has 4 rings (SSSR count). The maximum absolute atomic E-state index is 12.4. The molecule has 10 heteroatoms. The zero-order chi connectivity index (χ0) is 20.5. The number of nitrogens with zero attached hydrogens (tertiary/aromatic N) is 5. The number of hydrogen-bond donors (Lipinski definition) is 0. The van der Waals surface area contributed by atoms with Gasteiger partial charge in [-0.3, -0.25) is 19.0 Å². The van der Waals surface area contributed by atoms with E-state index >= 15 is 0 Å². The second-order valence-corrected chi connectivity index (χ2v) is 7.54. The average molecular weight is 411 g/mol. The van der Waals surface area contributed by atoms with Crippen LogP contribution in [0.25, 0.3) is 15.9 Å². The number of benzene rings is 1. The van der Waals surface area contributed by atoms with Crippen LogP contribution in [-0.2, 0) is 29.6 Å². The van der Waals surface area contributed by atoms with Gasteiger partial charge in [0.25, 0.3) is 11.1 Å². The summed E-state index contributed by atoms with van der Waals surface area (Å²) >= 11 is 1.19. The molecule has 0 unspecified atom stereocenters. The second-order valence-electron chi connectivity index (χ2n) is 6.50. The van der Waals surface area contributed by atoms with E-state index in [4.69, 9.17) is 4.74 Å². The van der Waals surface area contributed by atoms with Crippen LogP contribution in [0, 0.1) is 6.92 Å². The van der Waals surface area contributed by atoms with Crippen LogP contribution in [0.1, 0.15) is 22.9 Å². The third-order valence-electron chi connectivity index (χ3n) is 4.40. The molecule has 0 aliphatic carbocycles. The van der Waals surface area contributed by atoms with Crippen LogP contribution in [0.3, 0.4) is 0 Å². The molecule has 4 aromatic rings. The molecule has 0 N–H and O–H groups in total. The van der Waals surface area contributed by atoms with Gasteiger partial charge in [-0.2, -0.15) is 9.61 Å². The lowest BCUT2D eigenvalue weighted by Crippen LogP contribution is -2.23. The van der Waals surface area contributed by atoms with Gasteiger partial charge in [0.15, 0.2) is 5.01 Å². The number of aromatic nitrogens is 5. The van der Waals surface area contributed by atoms with Crippen molar-refractivity contribution in [3.05, 3.63) is 67.6 Å². The summed E-state index contributed by atoms with van der Waals surface area (Å²) in [5.41, 5.74) is 0.781. The fraction of sp³-hybridized carbons (Fsp3) is 0.263. The molecule has 0 radical (unpaired) electrons. The molecule has 9 nitrogen and oxygen atoms in total. The molecule has 0 aliphatic heterocycles. The van der Waals surface area contributed by atoms with E-state index in [0.717, 1.165) is 0 Å². The van der Waals surface area contributed by atoms with E-state index < -0.39 is 5.97 Å². The molecular formula is C19H17N5O4S. The van der Waals surface area contributed by atoms with Gasteiger partial charge < -0.3 is 4.74 Å². The normalized spacial score (nSPS) is 11.2. The highest BCUT2D eigenvalue weighted by atomic mass is 32.1. The predicted octanol–water partition coefficient (Wildman–Crippen LogP) is 1.38. The first-order valence-corrected chi connectivity index (χ1v) is 9.70. The van der Waals surface area contributed by atoms with Crippen molar-refractivity contribution in [3.8, 4) is 0 Å². The average Bonchev–Trinajstić information content (AvgIpc) is 3.11. The summed E-state index contributed by atoms with van der Waals surface area (Å²) in [5.74, 6) is 0.0695. The van der Waals surface area contributed by atoms with Gasteiger partial charge in [-0.15, -0.1) is 0 Å². The van der Waals surface area contributed by atoms with E-state index in [-0.39, 0.29) is 30.6 Å². The van der Waals surface area contributed by atoms with Crippen LogP contribution >= 0.6 is 11.3 Å². The topological polar surface area (TPSA) is 108 Å². The summed E-state index contributed by atoms with van der Waals surface area (Å²) in [6.45, 7) is 1.68. The third kappa shape index (κ3) is 3.79. The number of rotatable bonds is 5. The van der Waals surface area contributed by atoms with Crippen LogP contribution in [0.15, 0.2) is 39.9 Å². The Morgan fingerprint density at radius 2 is 2.00 bits per heavy atom. The lowest BCUT2D eigenvalue weighted by molar-refractivity contribution is -0.144. The molecule has 29 heavy (non-hydrogen) atoms. The van der Waals surface area contributed by atoms with Crippen molar-refractivity contribution in [2.75, 3.05) is 0 Å². The molecule has 3 aromatic heterocycles. The lowest BCUT2D eigenvalue weighted by atomic mass is 10.2. The van der Waals surface area contributed by atoms with Gasteiger partial charge in [0.05, 0.1) is 17.3 Å². The second kappa shape index (κ2) is 7.55. The summed E-state index contributed by atoms with van der Waals surface area (Å²) in [7, 11) is 1.64. The van der Waals surface area contributed by atoms with Gasteiger partial charge >= 0.3 is 5.97 Å². The summed E-state index contributed by atoms with van der Waals surface area (Å²) in [6.07, 6.45) is 0.344. The molecule has 1 aromatic carbocycles. The number of para-hydroxylation sites is 1. The quantitative estimate of drug-likeness (QED) is 0.457. The van der Waals surface area contributed by atoms with Gasteiger partial charge in [0.1, 0.15) is 12.4 Å².